The highest BCUT2D eigenvalue weighted by Gasteiger charge is 2.58. The number of hydrogen-bond donors (Lipinski definition) is 2. The normalized spacial score (nSPS) is 27.9. The molecule has 1 aromatic carbocycles. The van der Waals surface area contributed by atoms with Crippen LogP contribution < -0.4 is 11.1 Å². The van der Waals surface area contributed by atoms with E-state index >= 15 is 0 Å². The Kier molecular flexibility index (Phi) is 3.94. The second kappa shape index (κ2) is 6.19. The van der Waals surface area contributed by atoms with E-state index in [4.69, 9.17) is 5.73 Å². The minimum absolute atomic E-state index is 0.0117. The number of imide groups is 1. The van der Waals surface area contributed by atoms with E-state index in [1.54, 1.807) is 0 Å². The minimum atomic E-state index is -0.799. The molecule has 4 atom stereocenters. The van der Waals surface area contributed by atoms with E-state index in [0.717, 1.165) is 12.5 Å². The smallest absolute Gasteiger partial charge is 0.270 e. The van der Waals surface area contributed by atoms with Gasteiger partial charge in [-0.05, 0) is 24.3 Å². The number of carbonyl (C=O) groups is 3. The van der Waals surface area contributed by atoms with Gasteiger partial charge in [-0.15, -0.1) is 0 Å². The van der Waals surface area contributed by atoms with Gasteiger partial charge in [0.1, 0.15) is 0 Å². The zero-order valence-electron chi connectivity index (χ0n) is 14.3. The predicted molar refractivity (Wildman–Crippen MR) is 94.5 cm³/mol. The van der Waals surface area contributed by atoms with Crippen LogP contribution in [0.1, 0.15) is 16.8 Å². The Morgan fingerprint density at radius 1 is 1.22 bits per heavy atom. The maximum Gasteiger partial charge on any atom is 0.270 e. The molecule has 1 heterocycles. The van der Waals surface area contributed by atoms with E-state index in [0.29, 0.717) is 5.69 Å². The quantitative estimate of drug-likeness (QED) is 0.331. The van der Waals surface area contributed by atoms with E-state index in [1.807, 2.05) is 12.2 Å². The lowest BCUT2D eigenvalue weighted by Crippen LogP contribution is -2.36. The molecule has 27 heavy (non-hydrogen) atoms. The number of nitrogens with zero attached hydrogens (tertiary/aromatic N) is 2. The van der Waals surface area contributed by atoms with Gasteiger partial charge in [0.25, 0.3) is 11.6 Å². The van der Waals surface area contributed by atoms with Crippen molar-refractivity contribution in [2.75, 3.05) is 18.4 Å². The maximum atomic E-state index is 12.6. The van der Waals surface area contributed by atoms with Crippen LogP contribution in [-0.4, -0.2) is 40.6 Å². The SMILES string of the molecule is NC(=O)c1cc([N+](=O)[O-])ccc1NCCN1C(=O)C2C(C1=O)[C@H]1C=C[C@@H]2C1. The first-order chi connectivity index (χ1) is 12.9. The number of fused-ring (bicyclic) bond motifs is 5. The van der Waals surface area contributed by atoms with Crippen molar-refractivity contribution < 1.29 is 19.3 Å². The van der Waals surface area contributed by atoms with Crippen LogP contribution in [0.2, 0.25) is 0 Å². The minimum Gasteiger partial charge on any atom is -0.383 e. The van der Waals surface area contributed by atoms with Crippen LogP contribution in [0.15, 0.2) is 30.4 Å². The lowest BCUT2D eigenvalue weighted by atomic mass is 9.85. The first-order valence-corrected chi connectivity index (χ1v) is 8.74. The molecule has 3 N–H and O–H groups in total. The number of nitro groups is 1. The number of carbonyl (C=O) groups excluding carboxylic acids is 3. The monoisotopic (exact) mass is 370 g/mol. The van der Waals surface area contributed by atoms with Crippen molar-refractivity contribution in [3.63, 3.8) is 0 Å². The standard InChI is InChI=1S/C18H18N4O5/c19-16(23)12-8-11(22(26)27)3-4-13(12)20-5-6-21-17(24)14-9-1-2-10(7-9)15(14)18(21)25/h1-4,8-10,14-15,20H,5-7H2,(H2,19,23)/t9-,10+,14?,15?. The third-order valence-corrected chi connectivity index (χ3v) is 5.69. The third kappa shape index (κ3) is 2.66. The fourth-order valence-electron chi connectivity index (χ4n) is 4.49. The van der Waals surface area contributed by atoms with Crippen molar-refractivity contribution in [3.8, 4) is 0 Å². The van der Waals surface area contributed by atoms with E-state index in [9.17, 15) is 24.5 Å². The predicted octanol–water partition coefficient (Wildman–Crippen LogP) is 0.913. The van der Waals surface area contributed by atoms with Gasteiger partial charge in [0.2, 0.25) is 11.8 Å². The summed E-state index contributed by atoms with van der Waals surface area (Å²) in [5.74, 6) is -1.24. The molecular formula is C18H18N4O5. The molecule has 2 fully saturated rings. The molecule has 3 amide bonds. The first kappa shape index (κ1) is 17.2. The summed E-state index contributed by atoms with van der Waals surface area (Å²) in [5.41, 5.74) is 5.37. The molecule has 1 aromatic rings. The van der Waals surface area contributed by atoms with Crippen LogP contribution in [0.25, 0.3) is 0 Å². The lowest BCUT2D eigenvalue weighted by Gasteiger charge is -2.18. The zero-order chi connectivity index (χ0) is 19.3. The van der Waals surface area contributed by atoms with Crippen LogP contribution in [0.5, 0.6) is 0 Å². The summed E-state index contributed by atoms with van der Waals surface area (Å²) in [4.78, 5) is 48.3. The molecule has 140 valence electrons. The molecule has 2 unspecified atom stereocenters. The van der Waals surface area contributed by atoms with Crippen LogP contribution >= 0.6 is 0 Å². The highest BCUT2D eigenvalue weighted by atomic mass is 16.6. The lowest BCUT2D eigenvalue weighted by molar-refractivity contribution is -0.384. The average molecular weight is 370 g/mol. The number of primary amides is 1. The van der Waals surface area contributed by atoms with Gasteiger partial charge < -0.3 is 11.1 Å². The number of nitro benzene ring substituents is 1. The van der Waals surface area contributed by atoms with Crippen molar-refractivity contribution in [2.45, 2.75) is 6.42 Å². The first-order valence-electron chi connectivity index (χ1n) is 8.74. The largest absolute Gasteiger partial charge is 0.383 e. The molecule has 1 aliphatic heterocycles. The van der Waals surface area contributed by atoms with E-state index in [-0.39, 0.29) is 59.8 Å². The van der Waals surface area contributed by atoms with Gasteiger partial charge in [-0.2, -0.15) is 0 Å². The number of likely N-dealkylation sites (tertiary alicyclic amines) is 1. The van der Waals surface area contributed by atoms with Crippen molar-refractivity contribution in [3.05, 3.63) is 46.0 Å². The summed E-state index contributed by atoms with van der Waals surface area (Å²) in [6.07, 6.45) is 4.95. The molecular weight excluding hydrogens is 352 g/mol. The van der Waals surface area contributed by atoms with Gasteiger partial charge in [-0.3, -0.25) is 29.4 Å². The summed E-state index contributed by atoms with van der Waals surface area (Å²) in [7, 11) is 0. The molecule has 3 aliphatic rings. The molecule has 2 aliphatic carbocycles. The van der Waals surface area contributed by atoms with Crippen LogP contribution in [0, 0.1) is 33.8 Å². The Morgan fingerprint density at radius 2 is 1.85 bits per heavy atom. The molecule has 9 heteroatoms. The summed E-state index contributed by atoms with van der Waals surface area (Å²) < 4.78 is 0. The van der Waals surface area contributed by atoms with Gasteiger partial charge in [0.05, 0.1) is 22.3 Å². The number of nitrogens with two attached hydrogens (primary N) is 1. The Labute approximate surface area is 154 Å². The number of anilines is 1. The molecule has 2 bridgehead atoms. The molecule has 9 nitrogen and oxygen atoms in total. The van der Waals surface area contributed by atoms with Crippen molar-refractivity contribution in [2.24, 2.45) is 29.4 Å². The molecule has 0 radical (unpaired) electrons. The Hall–Kier alpha value is -3.23. The number of nitrogens with one attached hydrogen (secondary N) is 1. The van der Waals surface area contributed by atoms with Crippen LogP contribution in [0.3, 0.4) is 0 Å². The fourth-order valence-corrected chi connectivity index (χ4v) is 4.49. The van der Waals surface area contributed by atoms with Crippen LogP contribution in [-0.2, 0) is 9.59 Å². The number of amides is 3. The maximum absolute atomic E-state index is 12.6. The van der Waals surface area contributed by atoms with Crippen molar-refractivity contribution in [1.82, 2.24) is 4.90 Å². The van der Waals surface area contributed by atoms with E-state index < -0.39 is 10.8 Å². The molecule has 1 saturated heterocycles. The van der Waals surface area contributed by atoms with E-state index in [2.05, 4.69) is 5.32 Å². The molecule has 4 rings (SSSR count). The summed E-state index contributed by atoms with van der Waals surface area (Å²) in [6, 6.07) is 3.75. The summed E-state index contributed by atoms with van der Waals surface area (Å²) >= 11 is 0. The summed E-state index contributed by atoms with van der Waals surface area (Å²) in [6.45, 7) is 0.386. The highest BCUT2D eigenvalue weighted by molar-refractivity contribution is 6.06. The highest BCUT2D eigenvalue weighted by Crippen LogP contribution is 2.52. The van der Waals surface area contributed by atoms with Crippen LogP contribution in [0.4, 0.5) is 11.4 Å². The molecule has 0 aromatic heterocycles. The Balaban J connectivity index is 1.44. The van der Waals surface area contributed by atoms with Gasteiger partial charge in [-0.1, -0.05) is 12.2 Å². The van der Waals surface area contributed by atoms with Gasteiger partial charge in [-0.25, -0.2) is 0 Å². The number of non-ortho nitro benzene ring substituents is 1. The second-order valence-electron chi connectivity index (χ2n) is 7.11. The second-order valence-corrected chi connectivity index (χ2v) is 7.11. The number of benzene rings is 1. The molecule has 1 saturated carbocycles. The fraction of sp³-hybridized carbons (Fsp3) is 0.389. The number of allylic oxidation sites excluding steroid dienone is 2. The van der Waals surface area contributed by atoms with Crippen molar-refractivity contribution >= 4 is 29.1 Å². The van der Waals surface area contributed by atoms with Crippen molar-refractivity contribution in [1.29, 1.82) is 0 Å². The third-order valence-electron chi connectivity index (χ3n) is 5.69. The van der Waals surface area contributed by atoms with Gasteiger partial charge >= 0.3 is 0 Å². The average Bonchev–Trinajstić information content (AvgIpc) is 3.31. The van der Waals surface area contributed by atoms with Gasteiger partial charge in [0, 0.05) is 30.9 Å². The Bertz CT molecular complexity index is 866. The number of hydrogen-bond acceptors (Lipinski definition) is 6. The zero-order valence-corrected chi connectivity index (χ0v) is 14.3. The summed E-state index contributed by atoms with van der Waals surface area (Å²) in [5, 5.41) is 13.8. The van der Waals surface area contributed by atoms with E-state index in [1.165, 1.54) is 17.0 Å². The number of rotatable bonds is 6. The molecule has 0 spiro atoms. The topological polar surface area (TPSA) is 136 Å². The van der Waals surface area contributed by atoms with Gasteiger partial charge in [0.15, 0.2) is 0 Å². The Morgan fingerprint density at radius 3 is 2.41 bits per heavy atom.